The number of amides is 1. The Morgan fingerprint density at radius 3 is 2.92 bits per heavy atom. The molecule has 0 spiro atoms. The summed E-state index contributed by atoms with van der Waals surface area (Å²) in [6.45, 7) is 6.76. The van der Waals surface area contributed by atoms with Crippen LogP contribution in [0.4, 0.5) is 0 Å². The van der Waals surface area contributed by atoms with Crippen molar-refractivity contribution >= 4 is 17.5 Å². The highest BCUT2D eigenvalue weighted by Crippen LogP contribution is 2.37. The van der Waals surface area contributed by atoms with Crippen molar-refractivity contribution in [3.8, 4) is 5.75 Å². The molecule has 134 valence electrons. The molecule has 0 saturated heterocycles. The Morgan fingerprint density at radius 1 is 1.44 bits per heavy atom. The SMILES string of the molecule is CCC(CC)n1ncc(C(=O)N[C@@H]2CCOc3c(Cl)cccc32)c1C. The van der Waals surface area contributed by atoms with Gasteiger partial charge in [-0.15, -0.1) is 0 Å². The van der Waals surface area contributed by atoms with Crippen LogP contribution in [0.2, 0.25) is 5.02 Å². The third-order valence-corrected chi connectivity index (χ3v) is 5.21. The van der Waals surface area contributed by atoms with E-state index in [0.717, 1.165) is 30.5 Å². The molecule has 1 amide bonds. The van der Waals surface area contributed by atoms with Crippen LogP contribution < -0.4 is 10.1 Å². The summed E-state index contributed by atoms with van der Waals surface area (Å²) in [5.41, 5.74) is 2.46. The van der Waals surface area contributed by atoms with Gasteiger partial charge in [-0.1, -0.05) is 37.6 Å². The maximum Gasteiger partial charge on any atom is 0.255 e. The first-order valence-electron chi connectivity index (χ1n) is 8.82. The first-order valence-corrected chi connectivity index (χ1v) is 9.20. The monoisotopic (exact) mass is 361 g/mol. The molecule has 0 unspecified atom stereocenters. The Bertz CT molecular complexity index is 768. The number of nitrogens with zero attached hydrogens (tertiary/aromatic N) is 2. The molecule has 2 heterocycles. The zero-order chi connectivity index (χ0) is 18.0. The molecule has 0 saturated carbocycles. The van der Waals surface area contributed by atoms with Gasteiger partial charge in [0.1, 0.15) is 5.75 Å². The molecule has 2 aromatic rings. The number of carbonyl (C=O) groups is 1. The van der Waals surface area contributed by atoms with Gasteiger partial charge in [0, 0.05) is 17.7 Å². The fraction of sp³-hybridized carbons (Fsp3) is 0.474. The second-order valence-corrected chi connectivity index (χ2v) is 6.79. The summed E-state index contributed by atoms with van der Waals surface area (Å²) in [5.74, 6) is 0.567. The van der Waals surface area contributed by atoms with Gasteiger partial charge in [-0.3, -0.25) is 9.48 Å². The van der Waals surface area contributed by atoms with E-state index >= 15 is 0 Å². The smallest absolute Gasteiger partial charge is 0.255 e. The van der Waals surface area contributed by atoms with Crippen molar-refractivity contribution in [1.82, 2.24) is 15.1 Å². The first-order chi connectivity index (χ1) is 12.1. The van der Waals surface area contributed by atoms with Gasteiger partial charge in [-0.2, -0.15) is 5.10 Å². The van der Waals surface area contributed by atoms with E-state index in [9.17, 15) is 4.79 Å². The molecule has 0 fully saturated rings. The van der Waals surface area contributed by atoms with E-state index < -0.39 is 0 Å². The Morgan fingerprint density at radius 2 is 2.20 bits per heavy atom. The molecule has 1 aromatic heterocycles. The molecule has 1 aliphatic heterocycles. The average molecular weight is 362 g/mol. The minimum Gasteiger partial charge on any atom is -0.492 e. The minimum atomic E-state index is -0.106. The van der Waals surface area contributed by atoms with Crippen LogP contribution >= 0.6 is 11.6 Å². The quantitative estimate of drug-likeness (QED) is 0.855. The lowest BCUT2D eigenvalue weighted by atomic mass is 10.00. The highest BCUT2D eigenvalue weighted by atomic mass is 35.5. The standard InChI is InChI=1S/C19H24ClN3O2/c1-4-13(5-2)23-12(3)15(11-21-23)19(24)22-17-9-10-25-18-14(17)7-6-8-16(18)20/h6-8,11,13,17H,4-5,9-10H2,1-3H3,(H,22,24)/t17-/m1/s1. The van der Waals surface area contributed by atoms with E-state index in [2.05, 4.69) is 24.3 Å². The van der Waals surface area contributed by atoms with Crippen molar-refractivity contribution in [2.45, 2.75) is 52.1 Å². The van der Waals surface area contributed by atoms with Crippen LogP contribution in [-0.2, 0) is 0 Å². The van der Waals surface area contributed by atoms with Crippen LogP contribution in [0.15, 0.2) is 24.4 Å². The van der Waals surface area contributed by atoms with Crippen LogP contribution in [0.3, 0.4) is 0 Å². The second kappa shape index (κ2) is 7.48. The Kier molecular flexibility index (Phi) is 5.33. The van der Waals surface area contributed by atoms with Crippen molar-refractivity contribution in [1.29, 1.82) is 0 Å². The van der Waals surface area contributed by atoms with Gasteiger partial charge < -0.3 is 10.1 Å². The highest BCUT2D eigenvalue weighted by Gasteiger charge is 2.26. The lowest BCUT2D eigenvalue weighted by Gasteiger charge is -2.27. The predicted molar refractivity (Wildman–Crippen MR) is 98.4 cm³/mol. The Balaban J connectivity index is 1.82. The lowest BCUT2D eigenvalue weighted by Crippen LogP contribution is -2.32. The van der Waals surface area contributed by atoms with Gasteiger partial charge in [0.25, 0.3) is 5.91 Å². The maximum atomic E-state index is 12.8. The molecule has 3 rings (SSSR count). The molecule has 1 atom stereocenters. The maximum absolute atomic E-state index is 12.8. The summed E-state index contributed by atoms with van der Waals surface area (Å²) in [6, 6.07) is 5.85. The van der Waals surface area contributed by atoms with E-state index in [-0.39, 0.29) is 11.9 Å². The van der Waals surface area contributed by atoms with Crippen molar-refractivity contribution in [3.05, 3.63) is 46.2 Å². The van der Waals surface area contributed by atoms with Gasteiger partial charge in [0.05, 0.1) is 35.5 Å². The van der Waals surface area contributed by atoms with Gasteiger partial charge in [-0.25, -0.2) is 0 Å². The summed E-state index contributed by atoms with van der Waals surface area (Å²) >= 11 is 6.21. The number of benzene rings is 1. The average Bonchev–Trinajstić information content (AvgIpc) is 2.99. The van der Waals surface area contributed by atoms with Gasteiger partial charge in [-0.05, 0) is 25.8 Å². The fourth-order valence-corrected chi connectivity index (χ4v) is 3.66. The topological polar surface area (TPSA) is 56.2 Å². The molecule has 5 nitrogen and oxygen atoms in total. The molecule has 1 aliphatic rings. The zero-order valence-corrected chi connectivity index (χ0v) is 15.6. The normalized spacial score (nSPS) is 16.4. The van der Waals surface area contributed by atoms with E-state index in [4.69, 9.17) is 16.3 Å². The summed E-state index contributed by atoms with van der Waals surface area (Å²) in [4.78, 5) is 12.8. The molecule has 0 radical (unpaired) electrons. The minimum absolute atomic E-state index is 0.104. The van der Waals surface area contributed by atoms with Gasteiger partial charge >= 0.3 is 0 Å². The number of hydrogen-bond donors (Lipinski definition) is 1. The largest absolute Gasteiger partial charge is 0.492 e. The van der Waals surface area contributed by atoms with Crippen LogP contribution in [0.25, 0.3) is 0 Å². The molecular weight excluding hydrogens is 338 g/mol. The number of halogens is 1. The summed E-state index contributed by atoms with van der Waals surface area (Å²) in [5, 5.41) is 8.14. The lowest BCUT2D eigenvalue weighted by molar-refractivity contribution is 0.0924. The summed E-state index contributed by atoms with van der Waals surface area (Å²) in [6.07, 6.45) is 4.37. The number of hydrogen-bond acceptors (Lipinski definition) is 3. The molecule has 1 N–H and O–H groups in total. The number of ether oxygens (including phenoxy) is 1. The molecular formula is C19H24ClN3O2. The molecule has 25 heavy (non-hydrogen) atoms. The van der Waals surface area contributed by atoms with Crippen LogP contribution in [-0.4, -0.2) is 22.3 Å². The van der Waals surface area contributed by atoms with E-state index in [0.29, 0.717) is 29.0 Å². The van der Waals surface area contributed by atoms with E-state index in [1.165, 1.54) is 0 Å². The zero-order valence-electron chi connectivity index (χ0n) is 14.9. The Labute approximate surface area is 153 Å². The highest BCUT2D eigenvalue weighted by molar-refractivity contribution is 6.32. The number of nitrogens with one attached hydrogen (secondary N) is 1. The number of rotatable bonds is 5. The summed E-state index contributed by atoms with van der Waals surface area (Å²) < 4.78 is 7.62. The number of para-hydroxylation sites is 1. The first kappa shape index (κ1) is 17.8. The molecule has 0 aliphatic carbocycles. The van der Waals surface area contributed by atoms with Crippen LogP contribution in [0.1, 0.15) is 66.8 Å². The Hall–Kier alpha value is -2.01. The third kappa shape index (κ3) is 3.38. The van der Waals surface area contributed by atoms with Gasteiger partial charge in [0.2, 0.25) is 0 Å². The number of aromatic nitrogens is 2. The summed E-state index contributed by atoms with van der Waals surface area (Å²) in [7, 11) is 0. The fourth-order valence-electron chi connectivity index (χ4n) is 3.42. The van der Waals surface area contributed by atoms with Gasteiger partial charge in [0.15, 0.2) is 0 Å². The van der Waals surface area contributed by atoms with Crippen molar-refractivity contribution in [3.63, 3.8) is 0 Å². The molecule has 0 bridgehead atoms. The molecule has 6 heteroatoms. The second-order valence-electron chi connectivity index (χ2n) is 6.38. The van der Waals surface area contributed by atoms with Crippen molar-refractivity contribution in [2.24, 2.45) is 0 Å². The number of fused-ring (bicyclic) bond motifs is 1. The van der Waals surface area contributed by atoms with E-state index in [1.54, 1.807) is 12.3 Å². The van der Waals surface area contributed by atoms with E-state index in [1.807, 2.05) is 23.7 Å². The van der Waals surface area contributed by atoms with Crippen LogP contribution in [0.5, 0.6) is 5.75 Å². The number of carbonyl (C=O) groups excluding carboxylic acids is 1. The third-order valence-electron chi connectivity index (χ3n) is 4.91. The van der Waals surface area contributed by atoms with Crippen molar-refractivity contribution in [2.75, 3.05) is 6.61 Å². The van der Waals surface area contributed by atoms with Crippen LogP contribution in [0, 0.1) is 6.92 Å². The predicted octanol–water partition coefficient (Wildman–Crippen LogP) is 4.46. The van der Waals surface area contributed by atoms with Crippen molar-refractivity contribution < 1.29 is 9.53 Å². The molecule has 1 aromatic carbocycles.